The van der Waals surface area contributed by atoms with Crippen molar-refractivity contribution in [1.82, 2.24) is 0 Å². The lowest BCUT2D eigenvalue weighted by molar-refractivity contribution is -0.171. The maximum absolute atomic E-state index is 4.26. The second-order valence-corrected chi connectivity index (χ2v) is 12.7. The van der Waals surface area contributed by atoms with Crippen LogP contribution in [-0.2, 0) is 0 Å². The third-order valence-corrected chi connectivity index (χ3v) is 10.6. The van der Waals surface area contributed by atoms with Gasteiger partial charge in [-0.15, -0.1) is 6.58 Å². The minimum atomic E-state index is 0.560. The van der Waals surface area contributed by atoms with Gasteiger partial charge in [-0.05, 0) is 116 Å². The molecule has 0 radical (unpaired) electrons. The van der Waals surface area contributed by atoms with Gasteiger partial charge in [0.1, 0.15) is 0 Å². The van der Waals surface area contributed by atoms with Crippen LogP contribution in [0.25, 0.3) is 0 Å². The van der Waals surface area contributed by atoms with Gasteiger partial charge in [0.25, 0.3) is 0 Å². The first-order chi connectivity index (χ1) is 12.0. The molecular weight excluding hydrogens is 312 g/mol. The highest BCUT2D eigenvalue weighted by molar-refractivity contribution is 5.13. The molecule has 4 aliphatic rings. The summed E-state index contributed by atoms with van der Waals surface area (Å²) < 4.78 is 0. The van der Waals surface area contributed by atoms with Gasteiger partial charge in [0, 0.05) is 0 Å². The summed E-state index contributed by atoms with van der Waals surface area (Å²) in [4.78, 5) is 0. The lowest BCUT2D eigenvalue weighted by Gasteiger charge is -2.66. The molecule has 0 amide bonds. The summed E-state index contributed by atoms with van der Waals surface area (Å²) in [5, 5.41) is 0. The van der Waals surface area contributed by atoms with E-state index in [1.54, 1.807) is 0 Å². The second-order valence-electron chi connectivity index (χ2n) is 12.7. The van der Waals surface area contributed by atoms with E-state index in [1.165, 1.54) is 69.8 Å². The van der Waals surface area contributed by atoms with Gasteiger partial charge >= 0.3 is 0 Å². The highest BCUT2D eigenvalue weighted by Crippen LogP contribution is 2.72. The fraction of sp³-hybridized carbons (Fsp3) is 0.923. The molecule has 0 nitrogen and oxygen atoms in total. The molecule has 0 heterocycles. The van der Waals surface area contributed by atoms with Gasteiger partial charge in [-0.2, -0.15) is 0 Å². The minimum absolute atomic E-state index is 0.560. The Balaban J connectivity index is 1.61. The quantitative estimate of drug-likeness (QED) is 0.439. The van der Waals surface area contributed by atoms with Gasteiger partial charge in [-0.25, -0.2) is 0 Å². The lowest BCUT2D eigenvalue weighted by Crippen LogP contribution is -2.58. The molecule has 0 N–H and O–H groups in total. The summed E-state index contributed by atoms with van der Waals surface area (Å²) in [5.41, 5.74) is 3.76. The molecule has 0 aliphatic heterocycles. The zero-order chi connectivity index (χ0) is 19.0. The Labute approximate surface area is 163 Å². The zero-order valence-electron chi connectivity index (χ0n) is 18.6. The van der Waals surface area contributed by atoms with Crippen molar-refractivity contribution in [3.05, 3.63) is 12.2 Å². The van der Waals surface area contributed by atoms with Gasteiger partial charge in [-0.1, -0.05) is 40.2 Å². The van der Waals surface area contributed by atoms with E-state index in [1.807, 2.05) is 0 Å². The topological polar surface area (TPSA) is 0 Å². The van der Waals surface area contributed by atoms with Crippen molar-refractivity contribution < 1.29 is 0 Å². The van der Waals surface area contributed by atoms with Crippen LogP contribution < -0.4 is 0 Å². The van der Waals surface area contributed by atoms with Gasteiger partial charge in [-0.3, -0.25) is 0 Å². The van der Waals surface area contributed by atoms with E-state index in [-0.39, 0.29) is 0 Å². The Kier molecular flexibility index (Phi) is 4.31. The standard InChI is InChI=1S/C26H44/c1-18(2)16-19-8-9-21-20-10-12-24(5)17-23(3,4)14-15-26(24,7)22(20)11-13-25(19,21)6/h19-22H,1,8-17H2,2-7H3. The van der Waals surface area contributed by atoms with E-state index in [9.17, 15) is 0 Å². The molecule has 0 heteroatoms. The molecule has 7 atom stereocenters. The summed E-state index contributed by atoms with van der Waals surface area (Å²) in [6.45, 7) is 19.6. The van der Waals surface area contributed by atoms with Crippen molar-refractivity contribution in [1.29, 1.82) is 0 Å². The third-order valence-electron chi connectivity index (χ3n) is 10.6. The number of fused-ring (bicyclic) bond motifs is 5. The predicted molar refractivity (Wildman–Crippen MR) is 113 cm³/mol. The normalized spacial score (nSPS) is 52.7. The monoisotopic (exact) mass is 356 g/mol. The van der Waals surface area contributed by atoms with E-state index < -0.39 is 0 Å². The average molecular weight is 357 g/mol. The number of hydrogen-bond acceptors (Lipinski definition) is 0. The van der Waals surface area contributed by atoms with Crippen LogP contribution in [-0.4, -0.2) is 0 Å². The summed E-state index contributed by atoms with van der Waals surface area (Å²) in [5.74, 6) is 3.93. The van der Waals surface area contributed by atoms with Gasteiger partial charge in [0.05, 0.1) is 0 Å². The zero-order valence-corrected chi connectivity index (χ0v) is 18.6. The van der Waals surface area contributed by atoms with Crippen molar-refractivity contribution in [2.24, 2.45) is 45.3 Å². The molecule has 4 saturated carbocycles. The van der Waals surface area contributed by atoms with Crippen LogP contribution in [0.3, 0.4) is 0 Å². The first kappa shape index (κ1) is 19.1. The smallest absolute Gasteiger partial charge is 0.0240 e. The summed E-state index contributed by atoms with van der Waals surface area (Å²) >= 11 is 0. The summed E-state index contributed by atoms with van der Waals surface area (Å²) in [6, 6.07) is 0. The van der Waals surface area contributed by atoms with Crippen LogP contribution >= 0.6 is 0 Å². The maximum atomic E-state index is 4.26. The average Bonchev–Trinajstić information content (AvgIpc) is 2.85. The van der Waals surface area contributed by atoms with E-state index >= 15 is 0 Å². The molecule has 4 aliphatic carbocycles. The lowest BCUT2D eigenvalue weighted by atomic mass is 9.38. The van der Waals surface area contributed by atoms with Crippen molar-refractivity contribution in [3.63, 3.8) is 0 Å². The number of rotatable bonds is 2. The molecule has 0 saturated heterocycles. The number of hydrogen-bond donors (Lipinski definition) is 0. The van der Waals surface area contributed by atoms with Crippen LogP contribution in [0.1, 0.15) is 106 Å². The highest BCUT2D eigenvalue weighted by Gasteiger charge is 2.63. The van der Waals surface area contributed by atoms with Crippen molar-refractivity contribution >= 4 is 0 Å². The van der Waals surface area contributed by atoms with Crippen LogP contribution in [0.2, 0.25) is 0 Å². The molecule has 0 spiro atoms. The van der Waals surface area contributed by atoms with Crippen molar-refractivity contribution in [2.45, 2.75) is 106 Å². The van der Waals surface area contributed by atoms with E-state index in [2.05, 4.69) is 48.1 Å². The van der Waals surface area contributed by atoms with E-state index in [0.717, 1.165) is 23.7 Å². The van der Waals surface area contributed by atoms with Crippen LogP contribution in [0, 0.1) is 45.3 Å². The maximum Gasteiger partial charge on any atom is -0.0240 e. The molecule has 4 rings (SSSR count). The molecule has 0 aromatic carbocycles. The van der Waals surface area contributed by atoms with E-state index in [4.69, 9.17) is 0 Å². The molecular formula is C26H44. The van der Waals surface area contributed by atoms with Crippen molar-refractivity contribution in [3.8, 4) is 0 Å². The number of allylic oxidation sites excluding steroid dienone is 1. The second kappa shape index (κ2) is 5.87. The third kappa shape index (κ3) is 2.60. The largest absolute Gasteiger partial charge is 0.100 e. The highest BCUT2D eigenvalue weighted by atomic mass is 14.7. The van der Waals surface area contributed by atoms with Gasteiger partial charge < -0.3 is 0 Å². The Morgan fingerprint density at radius 2 is 1.58 bits per heavy atom. The molecule has 4 fully saturated rings. The SMILES string of the molecule is C=C(C)CC1CCC2C3CCC4(C)CC(C)(C)CCC4(C)C3CCC12C. The van der Waals surface area contributed by atoms with E-state index in [0.29, 0.717) is 21.7 Å². The summed E-state index contributed by atoms with van der Waals surface area (Å²) in [7, 11) is 0. The Morgan fingerprint density at radius 1 is 0.846 bits per heavy atom. The fourth-order valence-corrected chi connectivity index (χ4v) is 9.08. The predicted octanol–water partition coefficient (Wildman–Crippen LogP) is 8.03. The Bertz CT molecular complexity index is 585. The molecule has 7 unspecified atom stereocenters. The van der Waals surface area contributed by atoms with Gasteiger partial charge in [0.2, 0.25) is 0 Å². The molecule has 148 valence electrons. The fourth-order valence-electron chi connectivity index (χ4n) is 9.08. The summed E-state index contributed by atoms with van der Waals surface area (Å²) in [6.07, 6.45) is 14.7. The first-order valence-electron chi connectivity index (χ1n) is 11.7. The van der Waals surface area contributed by atoms with Gasteiger partial charge in [0.15, 0.2) is 0 Å². The Hall–Kier alpha value is -0.260. The molecule has 0 aromatic heterocycles. The molecule has 26 heavy (non-hydrogen) atoms. The molecule has 0 aromatic rings. The van der Waals surface area contributed by atoms with Crippen LogP contribution in [0.4, 0.5) is 0 Å². The molecule has 0 bridgehead atoms. The minimum Gasteiger partial charge on any atom is -0.100 e. The Morgan fingerprint density at radius 3 is 2.27 bits per heavy atom. The van der Waals surface area contributed by atoms with Crippen molar-refractivity contribution in [2.75, 3.05) is 0 Å². The first-order valence-corrected chi connectivity index (χ1v) is 11.7. The van der Waals surface area contributed by atoms with Crippen LogP contribution in [0.15, 0.2) is 12.2 Å². The van der Waals surface area contributed by atoms with Crippen LogP contribution in [0.5, 0.6) is 0 Å².